The van der Waals surface area contributed by atoms with Gasteiger partial charge in [-0.15, -0.1) is 0 Å². The standard InChI is InChI=1S/C11H24N4O2/c1-10(9-11(12)14-16)13-3-2-4-15-5-7-17-8-6-15/h10,13,16H,2-9H2,1H3,(H2,12,14). The lowest BCUT2D eigenvalue weighted by Crippen LogP contribution is -2.38. The molecule has 1 heterocycles. The first-order valence-corrected chi connectivity index (χ1v) is 6.22. The highest BCUT2D eigenvalue weighted by atomic mass is 16.5. The second-order valence-corrected chi connectivity index (χ2v) is 4.46. The van der Waals surface area contributed by atoms with Gasteiger partial charge >= 0.3 is 0 Å². The van der Waals surface area contributed by atoms with E-state index in [9.17, 15) is 0 Å². The number of ether oxygens (including phenoxy) is 1. The van der Waals surface area contributed by atoms with Gasteiger partial charge in [-0.3, -0.25) is 4.90 Å². The number of rotatable bonds is 7. The van der Waals surface area contributed by atoms with Crippen molar-refractivity contribution in [1.29, 1.82) is 0 Å². The van der Waals surface area contributed by atoms with Crippen molar-refractivity contribution in [2.45, 2.75) is 25.8 Å². The molecule has 0 bridgehead atoms. The molecular formula is C11H24N4O2. The van der Waals surface area contributed by atoms with Crippen molar-refractivity contribution < 1.29 is 9.94 Å². The van der Waals surface area contributed by atoms with Crippen LogP contribution in [-0.2, 0) is 4.74 Å². The first-order valence-electron chi connectivity index (χ1n) is 6.22. The minimum Gasteiger partial charge on any atom is -0.409 e. The quantitative estimate of drug-likeness (QED) is 0.190. The number of amidine groups is 1. The van der Waals surface area contributed by atoms with E-state index in [4.69, 9.17) is 15.7 Å². The molecule has 0 amide bonds. The van der Waals surface area contributed by atoms with Gasteiger partial charge in [-0.1, -0.05) is 5.16 Å². The fourth-order valence-corrected chi connectivity index (χ4v) is 1.90. The van der Waals surface area contributed by atoms with Gasteiger partial charge in [0.05, 0.1) is 13.2 Å². The molecule has 0 aromatic carbocycles. The Kier molecular flexibility index (Phi) is 6.91. The molecule has 1 aliphatic heterocycles. The molecular weight excluding hydrogens is 220 g/mol. The third kappa shape index (κ3) is 6.45. The van der Waals surface area contributed by atoms with Gasteiger partial charge in [0, 0.05) is 25.6 Å². The van der Waals surface area contributed by atoms with E-state index < -0.39 is 0 Å². The maximum atomic E-state index is 8.44. The molecule has 1 aliphatic rings. The largest absolute Gasteiger partial charge is 0.409 e. The number of hydrogen-bond acceptors (Lipinski definition) is 5. The average Bonchev–Trinajstić information content (AvgIpc) is 2.36. The molecule has 1 atom stereocenters. The molecule has 0 aromatic heterocycles. The van der Waals surface area contributed by atoms with Crippen LogP contribution in [0.2, 0.25) is 0 Å². The smallest absolute Gasteiger partial charge is 0.140 e. The molecule has 4 N–H and O–H groups in total. The molecule has 0 saturated carbocycles. The summed E-state index contributed by atoms with van der Waals surface area (Å²) >= 11 is 0. The van der Waals surface area contributed by atoms with E-state index in [-0.39, 0.29) is 11.9 Å². The zero-order chi connectivity index (χ0) is 12.5. The first-order chi connectivity index (χ1) is 8.22. The van der Waals surface area contributed by atoms with Crippen LogP contribution in [0.3, 0.4) is 0 Å². The summed E-state index contributed by atoms with van der Waals surface area (Å²) in [7, 11) is 0. The van der Waals surface area contributed by atoms with Crippen molar-refractivity contribution in [1.82, 2.24) is 10.2 Å². The van der Waals surface area contributed by atoms with E-state index >= 15 is 0 Å². The third-order valence-electron chi connectivity index (χ3n) is 2.89. The first kappa shape index (κ1) is 14.2. The molecule has 0 aliphatic carbocycles. The Morgan fingerprint density at radius 3 is 2.88 bits per heavy atom. The highest BCUT2D eigenvalue weighted by molar-refractivity contribution is 5.80. The van der Waals surface area contributed by atoms with E-state index in [0.29, 0.717) is 6.42 Å². The van der Waals surface area contributed by atoms with Crippen LogP contribution < -0.4 is 11.1 Å². The number of hydrogen-bond donors (Lipinski definition) is 3. The summed E-state index contributed by atoms with van der Waals surface area (Å²) in [6.45, 7) is 7.89. The maximum absolute atomic E-state index is 8.44. The van der Waals surface area contributed by atoms with Gasteiger partial charge in [-0.2, -0.15) is 0 Å². The third-order valence-corrected chi connectivity index (χ3v) is 2.89. The summed E-state index contributed by atoms with van der Waals surface area (Å²) < 4.78 is 5.29. The Morgan fingerprint density at radius 1 is 1.53 bits per heavy atom. The van der Waals surface area contributed by atoms with Gasteiger partial charge in [-0.25, -0.2) is 0 Å². The zero-order valence-electron chi connectivity index (χ0n) is 10.6. The highest BCUT2D eigenvalue weighted by Gasteiger charge is 2.09. The lowest BCUT2D eigenvalue weighted by molar-refractivity contribution is 0.0374. The van der Waals surface area contributed by atoms with Crippen LogP contribution in [0.25, 0.3) is 0 Å². The Bertz CT molecular complexity index is 230. The Hall–Kier alpha value is -0.850. The highest BCUT2D eigenvalue weighted by Crippen LogP contribution is 1.98. The van der Waals surface area contributed by atoms with E-state index in [0.717, 1.165) is 45.8 Å². The number of nitrogens with zero attached hydrogens (tertiary/aromatic N) is 2. The minimum absolute atomic E-state index is 0.246. The topological polar surface area (TPSA) is 83.1 Å². The summed E-state index contributed by atoms with van der Waals surface area (Å²) in [5, 5.41) is 14.8. The van der Waals surface area contributed by atoms with E-state index in [1.54, 1.807) is 0 Å². The van der Waals surface area contributed by atoms with Crippen LogP contribution in [-0.4, -0.2) is 61.4 Å². The normalized spacial score (nSPS) is 20.4. The van der Waals surface area contributed by atoms with Crippen LogP contribution in [0.4, 0.5) is 0 Å². The SMILES string of the molecule is CC(CC(N)=NO)NCCCN1CCOCC1. The monoisotopic (exact) mass is 244 g/mol. The molecule has 1 rings (SSSR count). The van der Waals surface area contributed by atoms with Crippen LogP contribution in [0.5, 0.6) is 0 Å². The lowest BCUT2D eigenvalue weighted by Gasteiger charge is -2.26. The van der Waals surface area contributed by atoms with Gasteiger partial charge in [0.15, 0.2) is 0 Å². The van der Waals surface area contributed by atoms with Gasteiger partial charge in [0.1, 0.15) is 5.84 Å². The molecule has 1 saturated heterocycles. The summed E-state index contributed by atoms with van der Waals surface area (Å²) in [6, 6.07) is 0.246. The molecule has 1 fully saturated rings. The zero-order valence-corrected chi connectivity index (χ0v) is 10.6. The van der Waals surface area contributed by atoms with Crippen LogP contribution >= 0.6 is 0 Å². The van der Waals surface area contributed by atoms with E-state index in [1.807, 2.05) is 6.92 Å². The molecule has 6 nitrogen and oxygen atoms in total. The van der Waals surface area contributed by atoms with Gasteiger partial charge in [-0.05, 0) is 26.4 Å². The molecule has 0 radical (unpaired) electrons. The molecule has 100 valence electrons. The van der Waals surface area contributed by atoms with Crippen molar-refractivity contribution in [3.05, 3.63) is 0 Å². The molecule has 1 unspecified atom stereocenters. The van der Waals surface area contributed by atoms with Crippen LogP contribution in [0.15, 0.2) is 5.16 Å². The molecule has 6 heteroatoms. The van der Waals surface area contributed by atoms with Crippen molar-refractivity contribution in [2.75, 3.05) is 39.4 Å². The Morgan fingerprint density at radius 2 is 2.24 bits per heavy atom. The maximum Gasteiger partial charge on any atom is 0.140 e. The second-order valence-electron chi connectivity index (χ2n) is 4.46. The summed E-state index contributed by atoms with van der Waals surface area (Å²) in [5.74, 6) is 0.276. The fraction of sp³-hybridized carbons (Fsp3) is 0.909. The van der Waals surface area contributed by atoms with Crippen molar-refractivity contribution in [2.24, 2.45) is 10.9 Å². The fourth-order valence-electron chi connectivity index (χ4n) is 1.90. The minimum atomic E-state index is 0.246. The summed E-state index contributed by atoms with van der Waals surface area (Å²) in [5.41, 5.74) is 5.43. The van der Waals surface area contributed by atoms with Crippen LogP contribution in [0, 0.1) is 0 Å². The lowest BCUT2D eigenvalue weighted by atomic mass is 10.2. The second kappa shape index (κ2) is 8.27. The van der Waals surface area contributed by atoms with E-state index in [2.05, 4.69) is 15.4 Å². The summed E-state index contributed by atoms with van der Waals surface area (Å²) in [6.07, 6.45) is 1.69. The van der Waals surface area contributed by atoms with E-state index in [1.165, 1.54) is 0 Å². The van der Waals surface area contributed by atoms with Gasteiger partial charge < -0.3 is 21.0 Å². The van der Waals surface area contributed by atoms with Crippen molar-refractivity contribution in [3.63, 3.8) is 0 Å². The molecule has 17 heavy (non-hydrogen) atoms. The molecule has 0 spiro atoms. The average molecular weight is 244 g/mol. The predicted molar refractivity (Wildman–Crippen MR) is 67.4 cm³/mol. The Labute approximate surface area is 103 Å². The Balaban J connectivity index is 1.99. The number of nitrogens with one attached hydrogen (secondary N) is 1. The van der Waals surface area contributed by atoms with Gasteiger partial charge in [0.2, 0.25) is 0 Å². The predicted octanol–water partition coefficient (Wildman–Crippen LogP) is -0.177. The number of oxime groups is 1. The van der Waals surface area contributed by atoms with Crippen molar-refractivity contribution in [3.8, 4) is 0 Å². The van der Waals surface area contributed by atoms with Crippen molar-refractivity contribution >= 4 is 5.84 Å². The number of nitrogens with two attached hydrogens (primary N) is 1. The molecule has 0 aromatic rings. The van der Waals surface area contributed by atoms with Gasteiger partial charge in [0.25, 0.3) is 0 Å². The number of morpholine rings is 1. The summed E-state index contributed by atoms with van der Waals surface area (Å²) in [4.78, 5) is 2.42. The van der Waals surface area contributed by atoms with Crippen LogP contribution in [0.1, 0.15) is 19.8 Å².